The summed E-state index contributed by atoms with van der Waals surface area (Å²) >= 11 is 0. The third kappa shape index (κ3) is 3.93. The van der Waals surface area contributed by atoms with Gasteiger partial charge in [-0.05, 0) is 33.1 Å². The number of hydrogen-bond acceptors (Lipinski definition) is 6. The first-order chi connectivity index (χ1) is 12.7. The normalized spacial score (nSPS) is 14.5. The number of ether oxygens (including phenoxy) is 1. The van der Waals surface area contributed by atoms with Crippen molar-refractivity contribution in [3.63, 3.8) is 0 Å². The molecule has 0 heterocycles. The fraction of sp³-hybridized carbons (Fsp3) is 0.412. The minimum atomic E-state index is -1.97. The summed E-state index contributed by atoms with van der Waals surface area (Å²) in [6.07, 6.45) is 3.47. The summed E-state index contributed by atoms with van der Waals surface area (Å²) in [6, 6.07) is -0.0197. The predicted octanol–water partition coefficient (Wildman–Crippen LogP) is 3.09. The molecule has 1 aliphatic carbocycles. The van der Waals surface area contributed by atoms with Crippen molar-refractivity contribution in [3.05, 3.63) is 50.5 Å². The topological polar surface area (TPSA) is 98.5 Å². The van der Waals surface area contributed by atoms with Gasteiger partial charge in [-0.25, -0.2) is 13.6 Å². The van der Waals surface area contributed by atoms with Crippen LogP contribution in [0.2, 0.25) is 0 Å². The second-order valence-electron chi connectivity index (χ2n) is 5.95. The van der Waals surface area contributed by atoms with Gasteiger partial charge >= 0.3 is 11.7 Å². The van der Waals surface area contributed by atoms with Gasteiger partial charge in [0.25, 0.3) is 0 Å². The van der Waals surface area contributed by atoms with E-state index in [0.717, 1.165) is 32.4 Å². The minimum absolute atomic E-state index is 0.0197. The van der Waals surface area contributed by atoms with E-state index in [2.05, 4.69) is 5.32 Å². The number of nitro groups is 1. The second-order valence-corrected chi connectivity index (χ2v) is 5.95. The van der Waals surface area contributed by atoms with Crippen molar-refractivity contribution in [3.8, 4) is 0 Å². The van der Waals surface area contributed by atoms with Gasteiger partial charge in [-0.3, -0.25) is 14.9 Å². The summed E-state index contributed by atoms with van der Waals surface area (Å²) in [4.78, 5) is 34.5. The van der Waals surface area contributed by atoms with Crippen LogP contribution in [0.25, 0.3) is 0 Å². The molecular weight excluding hydrogens is 369 g/mol. The van der Waals surface area contributed by atoms with E-state index in [9.17, 15) is 32.9 Å². The van der Waals surface area contributed by atoms with E-state index in [0.29, 0.717) is 0 Å². The number of nitro benzene ring substituents is 1. The molecule has 0 unspecified atom stereocenters. The zero-order valence-corrected chi connectivity index (χ0v) is 14.6. The summed E-state index contributed by atoms with van der Waals surface area (Å²) in [5.74, 6) is -7.98. The Bertz CT molecular complexity index is 835. The van der Waals surface area contributed by atoms with Crippen molar-refractivity contribution < 1.29 is 32.4 Å². The molecule has 0 atom stereocenters. The maximum absolute atomic E-state index is 14.5. The number of rotatable bonds is 7. The van der Waals surface area contributed by atoms with E-state index in [1.54, 1.807) is 0 Å². The quantitative estimate of drug-likeness (QED) is 0.113. The highest BCUT2D eigenvalue weighted by Crippen LogP contribution is 2.32. The number of nitrogens with zero attached hydrogens (tertiary/aromatic N) is 1. The summed E-state index contributed by atoms with van der Waals surface area (Å²) in [5, 5.41) is 13.9. The van der Waals surface area contributed by atoms with E-state index < -0.39 is 56.5 Å². The highest BCUT2D eigenvalue weighted by atomic mass is 19.2. The van der Waals surface area contributed by atoms with Crippen molar-refractivity contribution >= 4 is 17.4 Å². The van der Waals surface area contributed by atoms with Crippen LogP contribution >= 0.6 is 0 Å². The highest BCUT2D eigenvalue weighted by Gasteiger charge is 2.37. The van der Waals surface area contributed by atoms with Gasteiger partial charge in [-0.1, -0.05) is 0 Å². The van der Waals surface area contributed by atoms with E-state index >= 15 is 0 Å². The minimum Gasteiger partial charge on any atom is -0.462 e. The van der Waals surface area contributed by atoms with Gasteiger partial charge in [0, 0.05) is 17.8 Å². The van der Waals surface area contributed by atoms with Crippen molar-refractivity contribution in [1.29, 1.82) is 0 Å². The Labute approximate surface area is 152 Å². The molecule has 10 heteroatoms. The lowest BCUT2D eigenvalue weighted by atomic mass is 9.93. The molecular formula is C17H17F3N2O5. The average molecular weight is 386 g/mol. The molecule has 1 aromatic rings. The Balaban J connectivity index is 2.60. The lowest BCUT2D eigenvalue weighted by molar-refractivity contribution is -0.388. The first-order valence-electron chi connectivity index (χ1n) is 8.20. The molecule has 2 rings (SSSR count). The lowest BCUT2D eigenvalue weighted by Crippen LogP contribution is -2.33. The first-order valence-corrected chi connectivity index (χ1v) is 8.20. The zero-order valence-electron chi connectivity index (χ0n) is 14.6. The van der Waals surface area contributed by atoms with Crippen LogP contribution in [0.5, 0.6) is 0 Å². The number of carbonyl (C=O) groups is 2. The zero-order chi connectivity index (χ0) is 20.3. The molecule has 0 aliphatic heterocycles. The molecule has 27 heavy (non-hydrogen) atoms. The summed E-state index contributed by atoms with van der Waals surface area (Å²) in [7, 11) is 0. The maximum Gasteiger partial charge on any atom is 0.343 e. The fourth-order valence-electron chi connectivity index (χ4n) is 2.48. The molecule has 7 nitrogen and oxygen atoms in total. The molecule has 1 saturated carbocycles. The van der Waals surface area contributed by atoms with Crippen LogP contribution in [0, 0.1) is 34.5 Å². The number of Topliss-reactive ketones (excluding diaryl/α,β-unsaturated/α-hetero) is 1. The van der Waals surface area contributed by atoms with Gasteiger partial charge in [-0.2, -0.15) is 4.39 Å². The SMILES string of the molecule is CCOC(=O)/C(=C/NC1CCC1)C(=O)c1c(F)c(C)c(F)c(F)c1[N+](=O)[O-]. The van der Waals surface area contributed by atoms with Crippen LogP contribution in [0.3, 0.4) is 0 Å². The van der Waals surface area contributed by atoms with Crippen LogP contribution in [-0.4, -0.2) is 29.3 Å². The summed E-state index contributed by atoms with van der Waals surface area (Å²) < 4.78 is 46.9. The number of nitrogens with one attached hydrogen (secondary N) is 1. The second kappa shape index (κ2) is 8.19. The number of ketones is 1. The van der Waals surface area contributed by atoms with E-state index in [1.807, 2.05) is 0 Å². The number of carbonyl (C=O) groups excluding carboxylic acids is 2. The molecule has 0 amide bonds. The molecule has 1 fully saturated rings. The van der Waals surface area contributed by atoms with E-state index in [1.165, 1.54) is 6.92 Å². The van der Waals surface area contributed by atoms with Gasteiger partial charge < -0.3 is 10.1 Å². The first kappa shape index (κ1) is 20.4. The van der Waals surface area contributed by atoms with E-state index in [-0.39, 0.29) is 12.6 Å². The van der Waals surface area contributed by atoms with Crippen LogP contribution in [0.1, 0.15) is 42.1 Å². The van der Waals surface area contributed by atoms with Crippen LogP contribution < -0.4 is 5.32 Å². The Morgan fingerprint density at radius 1 is 1.26 bits per heavy atom. The Morgan fingerprint density at radius 3 is 2.37 bits per heavy atom. The lowest BCUT2D eigenvalue weighted by Gasteiger charge is -2.25. The van der Waals surface area contributed by atoms with Gasteiger partial charge in [0.2, 0.25) is 11.6 Å². The highest BCUT2D eigenvalue weighted by molar-refractivity contribution is 6.25. The van der Waals surface area contributed by atoms with Gasteiger partial charge in [0.1, 0.15) is 17.0 Å². The smallest absolute Gasteiger partial charge is 0.343 e. The molecule has 0 aromatic heterocycles. The number of hydrogen-bond donors (Lipinski definition) is 1. The molecule has 1 N–H and O–H groups in total. The van der Waals surface area contributed by atoms with Gasteiger partial charge in [0.05, 0.1) is 11.5 Å². The number of benzene rings is 1. The molecule has 0 spiro atoms. The Hall–Kier alpha value is -2.91. The van der Waals surface area contributed by atoms with Crippen molar-refractivity contribution in [2.24, 2.45) is 0 Å². The molecule has 1 aliphatic rings. The van der Waals surface area contributed by atoms with Crippen LogP contribution in [0.4, 0.5) is 18.9 Å². The van der Waals surface area contributed by atoms with Crippen molar-refractivity contribution in [2.45, 2.75) is 39.2 Å². The van der Waals surface area contributed by atoms with Crippen molar-refractivity contribution in [2.75, 3.05) is 6.61 Å². The maximum atomic E-state index is 14.5. The number of esters is 1. The molecule has 1 aromatic carbocycles. The molecule has 0 radical (unpaired) electrons. The van der Waals surface area contributed by atoms with Gasteiger partial charge in [-0.15, -0.1) is 0 Å². The van der Waals surface area contributed by atoms with Crippen molar-refractivity contribution in [1.82, 2.24) is 5.32 Å². The van der Waals surface area contributed by atoms with Gasteiger partial charge in [0.15, 0.2) is 5.82 Å². The average Bonchev–Trinajstić information content (AvgIpc) is 2.57. The number of halogens is 3. The molecule has 0 saturated heterocycles. The molecule has 146 valence electrons. The van der Waals surface area contributed by atoms with Crippen LogP contribution in [-0.2, 0) is 9.53 Å². The Kier molecular flexibility index (Phi) is 6.19. The third-order valence-electron chi connectivity index (χ3n) is 4.23. The summed E-state index contributed by atoms with van der Waals surface area (Å²) in [5.41, 5.74) is -4.64. The van der Waals surface area contributed by atoms with Crippen LogP contribution in [0.15, 0.2) is 11.8 Å². The Morgan fingerprint density at radius 2 is 1.89 bits per heavy atom. The standard InChI is InChI=1S/C17H17F3N2O5/c1-3-27-17(24)10(7-21-9-5-4-6-9)16(23)11-12(18)8(2)13(19)14(20)15(11)22(25)26/h7,9,21H,3-6H2,1-2H3/b10-7+. The fourth-order valence-corrected chi connectivity index (χ4v) is 2.48. The predicted molar refractivity (Wildman–Crippen MR) is 87.5 cm³/mol. The molecule has 0 bridgehead atoms. The third-order valence-corrected chi connectivity index (χ3v) is 4.23. The van der Waals surface area contributed by atoms with E-state index in [4.69, 9.17) is 4.74 Å². The summed E-state index contributed by atoms with van der Waals surface area (Å²) in [6.45, 7) is 2.17. The monoisotopic (exact) mass is 386 g/mol. The largest absolute Gasteiger partial charge is 0.462 e.